The van der Waals surface area contributed by atoms with Crippen molar-refractivity contribution in [2.75, 3.05) is 19.6 Å². The maximum Gasteiger partial charge on any atom is 0.243 e. The second kappa shape index (κ2) is 7.09. The van der Waals surface area contributed by atoms with Crippen molar-refractivity contribution in [1.29, 1.82) is 0 Å². The zero-order valence-electron chi connectivity index (χ0n) is 12.9. The summed E-state index contributed by atoms with van der Waals surface area (Å²) in [6.45, 7) is 7.44. The first kappa shape index (κ1) is 18.4. The number of nitrogens with two attached hydrogens (primary N) is 1. The number of benzene rings is 1. The van der Waals surface area contributed by atoms with Gasteiger partial charge in [0, 0.05) is 13.1 Å². The van der Waals surface area contributed by atoms with Crippen LogP contribution in [0.2, 0.25) is 0 Å². The van der Waals surface area contributed by atoms with Crippen molar-refractivity contribution < 1.29 is 8.42 Å². The van der Waals surface area contributed by atoms with Crippen LogP contribution in [-0.2, 0) is 10.0 Å². The quantitative estimate of drug-likeness (QED) is 0.924. The van der Waals surface area contributed by atoms with Crippen molar-refractivity contribution in [1.82, 2.24) is 4.31 Å². The van der Waals surface area contributed by atoms with Gasteiger partial charge in [-0.05, 0) is 57.2 Å². The number of halogens is 1. The fourth-order valence-corrected chi connectivity index (χ4v) is 5.11. The van der Waals surface area contributed by atoms with E-state index < -0.39 is 10.0 Å². The van der Waals surface area contributed by atoms with E-state index in [1.807, 2.05) is 32.9 Å². The van der Waals surface area contributed by atoms with Gasteiger partial charge in [-0.1, -0.05) is 17.7 Å². The molecule has 2 N–H and O–H groups in total. The van der Waals surface area contributed by atoms with Crippen molar-refractivity contribution in [3.8, 4) is 0 Å². The molecule has 0 aromatic heterocycles. The van der Waals surface area contributed by atoms with Crippen LogP contribution in [0.4, 0.5) is 0 Å². The molecule has 21 heavy (non-hydrogen) atoms. The van der Waals surface area contributed by atoms with Gasteiger partial charge in [0.15, 0.2) is 0 Å². The van der Waals surface area contributed by atoms with E-state index in [0.29, 0.717) is 24.5 Å². The molecule has 1 unspecified atom stereocenters. The molecule has 1 aliphatic rings. The fraction of sp³-hybridized carbons (Fsp3) is 0.600. The summed E-state index contributed by atoms with van der Waals surface area (Å²) in [5, 5.41) is 0. The molecule has 0 saturated carbocycles. The van der Waals surface area contributed by atoms with Gasteiger partial charge < -0.3 is 5.73 Å². The number of sulfonamides is 1. The number of aryl methyl sites for hydroxylation is 3. The van der Waals surface area contributed by atoms with Crippen LogP contribution in [-0.4, -0.2) is 32.4 Å². The Labute approximate surface area is 134 Å². The number of nitrogens with zero attached hydrogens (tertiary/aromatic N) is 1. The van der Waals surface area contributed by atoms with Gasteiger partial charge in [0.05, 0.1) is 4.90 Å². The molecule has 6 heteroatoms. The summed E-state index contributed by atoms with van der Waals surface area (Å²) in [6.07, 6.45) is 1.92. The Kier molecular flexibility index (Phi) is 6.23. The van der Waals surface area contributed by atoms with Crippen molar-refractivity contribution in [3.05, 3.63) is 28.8 Å². The third kappa shape index (κ3) is 3.77. The number of rotatable bonds is 3. The average molecular weight is 333 g/mol. The molecular weight excluding hydrogens is 308 g/mol. The van der Waals surface area contributed by atoms with Crippen molar-refractivity contribution >= 4 is 22.4 Å². The highest BCUT2D eigenvalue weighted by Gasteiger charge is 2.31. The highest BCUT2D eigenvalue weighted by atomic mass is 35.5. The second-order valence-electron chi connectivity index (χ2n) is 5.83. The molecule has 1 saturated heterocycles. The summed E-state index contributed by atoms with van der Waals surface area (Å²) in [6, 6.07) is 3.87. The van der Waals surface area contributed by atoms with Gasteiger partial charge in [0.2, 0.25) is 10.0 Å². The molecule has 0 radical (unpaired) electrons. The van der Waals surface area contributed by atoms with Gasteiger partial charge in [-0.2, -0.15) is 4.31 Å². The molecule has 120 valence electrons. The molecule has 1 heterocycles. The third-order valence-electron chi connectivity index (χ3n) is 4.02. The summed E-state index contributed by atoms with van der Waals surface area (Å²) in [4.78, 5) is 0.473. The molecule has 0 amide bonds. The molecule has 0 bridgehead atoms. The Morgan fingerprint density at radius 1 is 1.24 bits per heavy atom. The van der Waals surface area contributed by atoms with E-state index in [-0.39, 0.29) is 18.3 Å². The summed E-state index contributed by atoms with van der Waals surface area (Å²) in [5.74, 6) is 0.282. The minimum Gasteiger partial charge on any atom is -0.330 e. The van der Waals surface area contributed by atoms with E-state index in [2.05, 4.69) is 0 Å². The highest BCUT2D eigenvalue weighted by Crippen LogP contribution is 2.28. The van der Waals surface area contributed by atoms with Crippen LogP contribution in [0, 0.1) is 26.7 Å². The van der Waals surface area contributed by atoms with Crippen LogP contribution in [0.15, 0.2) is 17.0 Å². The first-order valence-corrected chi connectivity index (χ1v) is 8.58. The first-order valence-electron chi connectivity index (χ1n) is 7.14. The minimum atomic E-state index is -3.41. The number of hydrogen-bond donors (Lipinski definition) is 1. The smallest absolute Gasteiger partial charge is 0.243 e. The highest BCUT2D eigenvalue weighted by molar-refractivity contribution is 7.89. The van der Waals surface area contributed by atoms with Gasteiger partial charge in [0.1, 0.15) is 0 Å². The van der Waals surface area contributed by atoms with Gasteiger partial charge in [-0.15, -0.1) is 12.4 Å². The van der Waals surface area contributed by atoms with Crippen LogP contribution in [0.5, 0.6) is 0 Å². The third-order valence-corrected chi connectivity index (χ3v) is 6.19. The molecule has 0 aliphatic carbocycles. The SMILES string of the molecule is Cc1cc(C)c(S(=O)(=O)N2CCCC(CN)C2)c(C)c1.Cl. The maximum atomic E-state index is 12.9. The lowest BCUT2D eigenvalue weighted by molar-refractivity contribution is 0.271. The van der Waals surface area contributed by atoms with Crippen LogP contribution in [0.1, 0.15) is 29.5 Å². The standard InChI is InChI=1S/C15H24N2O2S.ClH/c1-11-7-12(2)15(13(3)8-11)20(18,19)17-6-4-5-14(9-16)10-17;/h7-8,14H,4-6,9-10,16H2,1-3H3;1H. The normalized spacial score (nSPS) is 20.1. The van der Waals surface area contributed by atoms with Crippen LogP contribution >= 0.6 is 12.4 Å². The largest absolute Gasteiger partial charge is 0.330 e. The molecule has 4 nitrogen and oxygen atoms in total. The summed E-state index contributed by atoms with van der Waals surface area (Å²) in [5.41, 5.74) is 8.46. The zero-order valence-corrected chi connectivity index (χ0v) is 14.6. The maximum absolute atomic E-state index is 12.9. The van der Waals surface area contributed by atoms with E-state index in [1.54, 1.807) is 4.31 Å². The molecule has 0 spiro atoms. The predicted octanol–water partition coefficient (Wildman–Crippen LogP) is 2.39. The monoisotopic (exact) mass is 332 g/mol. The Hall–Kier alpha value is -0.620. The molecule has 2 rings (SSSR count). The molecular formula is C15H25ClN2O2S. The van der Waals surface area contributed by atoms with Crippen molar-refractivity contribution in [3.63, 3.8) is 0 Å². The number of hydrogen-bond acceptors (Lipinski definition) is 3. The van der Waals surface area contributed by atoms with Crippen LogP contribution in [0.25, 0.3) is 0 Å². The Morgan fingerprint density at radius 2 is 1.81 bits per heavy atom. The fourth-order valence-electron chi connectivity index (χ4n) is 3.14. The van der Waals surface area contributed by atoms with E-state index >= 15 is 0 Å². The van der Waals surface area contributed by atoms with Crippen molar-refractivity contribution in [2.24, 2.45) is 11.7 Å². The van der Waals surface area contributed by atoms with E-state index in [0.717, 1.165) is 29.5 Å². The predicted molar refractivity (Wildman–Crippen MR) is 88.4 cm³/mol. The zero-order chi connectivity index (χ0) is 14.9. The lowest BCUT2D eigenvalue weighted by Crippen LogP contribution is -2.42. The summed E-state index contributed by atoms with van der Waals surface area (Å²) >= 11 is 0. The first-order chi connectivity index (χ1) is 9.36. The summed E-state index contributed by atoms with van der Waals surface area (Å²) in [7, 11) is -3.41. The molecule has 1 aromatic rings. The molecule has 1 aromatic carbocycles. The Morgan fingerprint density at radius 3 is 2.33 bits per heavy atom. The molecule has 1 aliphatic heterocycles. The van der Waals surface area contributed by atoms with Gasteiger partial charge in [-0.3, -0.25) is 0 Å². The van der Waals surface area contributed by atoms with Crippen LogP contribution < -0.4 is 5.73 Å². The molecule has 1 fully saturated rings. The lowest BCUT2D eigenvalue weighted by Gasteiger charge is -2.32. The molecule has 1 atom stereocenters. The lowest BCUT2D eigenvalue weighted by atomic mass is 10.0. The Balaban J connectivity index is 0.00000220. The van der Waals surface area contributed by atoms with Gasteiger partial charge in [0.25, 0.3) is 0 Å². The Bertz CT molecular complexity index is 579. The van der Waals surface area contributed by atoms with Gasteiger partial charge >= 0.3 is 0 Å². The summed E-state index contributed by atoms with van der Waals surface area (Å²) < 4.78 is 27.4. The van der Waals surface area contributed by atoms with Gasteiger partial charge in [-0.25, -0.2) is 8.42 Å². The van der Waals surface area contributed by atoms with Crippen molar-refractivity contribution in [2.45, 2.75) is 38.5 Å². The topological polar surface area (TPSA) is 63.4 Å². The minimum absolute atomic E-state index is 0. The average Bonchev–Trinajstić information content (AvgIpc) is 2.37. The number of piperidine rings is 1. The van der Waals surface area contributed by atoms with E-state index in [9.17, 15) is 8.42 Å². The van der Waals surface area contributed by atoms with Crippen LogP contribution in [0.3, 0.4) is 0 Å². The second-order valence-corrected chi connectivity index (χ2v) is 7.71. The van der Waals surface area contributed by atoms with E-state index in [4.69, 9.17) is 5.73 Å². The van der Waals surface area contributed by atoms with E-state index in [1.165, 1.54) is 0 Å².